The van der Waals surface area contributed by atoms with Crippen LogP contribution in [0.25, 0.3) is 0 Å². The summed E-state index contributed by atoms with van der Waals surface area (Å²) < 4.78 is 5.07. The number of hydrogen-bond acceptors (Lipinski definition) is 4. The molecule has 0 saturated carbocycles. The number of ether oxygens (including phenoxy) is 1. The predicted molar refractivity (Wildman–Crippen MR) is 69.8 cm³/mol. The molecule has 0 aliphatic rings. The maximum absolute atomic E-state index is 7.47. The number of nitrogens with two attached hydrogens (primary N) is 1. The summed E-state index contributed by atoms with van der Waals surface area (Å²) in [6.45, 7) is 6.24. The van der Waals surface area contributed by atoms with Crippen molar-refractivity contribution in [3.05, 3.63) is 23.4 Å². The number of amidine groups is 1. The minimum atomic E-state index is 0.0690. The lowest BCUT2D eigenvalue weighted by atomic mass is 10.2. The minimum Gasteiger partial charge on any atom is -0.384 e. The van der Waals surface area contributed by atoms with Crippen molar-refractivity contribution in [2.24, 2.45) is 5.73 Å². The average Bonchev–Trinajstić information content (AvgIpc) is 2.29. The third-order valence-electron chi connectivity index (χ3n) is 2.52. The number of pyridine rings is 1. The summed E-state index contributed by atoms with van der Waals surface area (Å²) in [6, 6.07) is 3.66. The molecule has 5 heteroatoms. The van der Waals surface area contributed by atoms with Crippen LogP contribution in [0.3, 0.4) is 0 Å². The number of aryl methyl sites for hydroxylation is 1. The molecule has 0 spiro atoms. The van der Waals surface area contributed by atoms with Crippen LogP contribution in [-0.2, 0) is 4.74 Å². The van der Waals surface area contributed by atoms with Gasteiger partial charge >= 0.3 is 0 Å². The SMILES string of the molecule is CCN(CCOC)c1cc(C(=N)N)cc(C)n1. The van der Waals surface area contributed by atoms with Crippen LogP contribution in [0.4, 0.5) is 5.82 Å². The van der Waals surface area contributed by atoms with E-state index >= 15 is 0 Å². The van der Waals surface area contributed by atoms with Gasteiger partial charge in [0.1, 0.15) is 11.7 Å². The van der Waals surface area contributed by atoms with Gasteiger partial charge in [-0.25, -0.2) is 4.98 Å². The van der Waals surface area contributed by atoms with E-state index in [0.29, 0.717) is 12.2 Å². The van der Waals surface area contributed by atoms with Crippen molar-refractivity contribution in [3.8, 4) is 0 Å². The van der Waals surface area contributed by atoms with Gasteiger partial charge in [-0.2, -0.15) is 0 Å². The highest BCUT2D eigenvalue weighted by Gasteiger charge is 2.08. The molecule has 0 radical (unpaired) electrons. The van der Waals surface area contributed by atoms with Crippen LogP contribution >= 0.6 is 0 Å². The Labute approximate surface area is 102 Å². The van der Waals surface area contributed by atoms with Crippen molar-refractivity contribution in [1.82, 2.24) is 4.98 Å². The molecule has 0 saturated heterocycles. The normalized spacial score (nSPS) is 10.3. The van der Waals surface area contributed by atoms with Gasteiger partial charge < -0.3 is 15.4 Å². The third kappa shape index (κ3) is 3.71. The van der Waals surface area contributed by atoms with Crippen molar-refractivity contribution in [1.29, 1.82) is 5.41 Å². The number of nitrogen functional groups attached to an aromatic ring is 1. The fourth-order valence-electron chi connectivity index (χ4n) is 1.60. The van der Waals surface area contributed by atoms with Crippen molar-refractivity contribution < 1.29 is 4.74 Å². The maximum Gasteiger partial charge on any atom is 0.129 e. The first-order valence-electron chi connectivity index (χ1n) is 5.65. The van der Waals surface area contributed by atoms with E-state index in [1.54, 1.807) is 7.11 Å². The average molecular weight is 236 g/mol. The summed E-state index contributed by atoms with van der Waals surface area (Å²) in [4.78, 5) is 6.56. The molecule has 0 fully saturated rings. The number of nitrogens with one attached hydrogen (secondary N) is 1. The second-order valence-electron chi connectivity index (χ2n) is 3.84. The zero-order valence-electron chi connectivity index (χ0n) is 10.7. The van der Waals surface area contributed by atoms with Crippen molar-refractivity contribution in [3.63, 3.8) is 0 Å². The number of likely N-dealkylation sites (N-methyl/N-ethyl adjacent to an activating group) is 1. The molecule has 0 atom stereocenters. The first kappa shape index (κ1) is 13.4. The van der Waals surface area contributed by atoms with Gasteiger partial charge in [-0.1, -0.05) is 0 Å². The quantitative estimate of drug-likeness (QED) is 0.574. The second kappa shape index (κ2) is 6.20. The molecule has 0 aliphatic carbocycles. The van der Waals surface area contributed by atoms with Crippen molar-refractivity contribution in [2.75, 3.05) is 31.7 Å². The largest absolute Gasteiger partial charge is 0.384 e. The molecular weight excluding hydrogens is 216 g/mol. The summed E-state index contributed by atoms with van der Waals surface area (Å²) in [5, 5.41) is 7.47. The van der Waals surface area contributed by atoms with Crippen molar-refractivity contribution >= 4 is 11.7 Å². The van der Waals surface area contributed by atoms with Gasteiger partial charge in [-0.15, -0.1) is 0 Å². The highest BCUT2D eigenvalue weighted by atomic mass is 16.5. The number of aromatic nitrogens is 1. The summed E-state index contributed by atoms with van der Waals surface area (Å²) in [7, 11) is 1.68. The lowest BCUT2D eigenvalue weighted by molar-refractivity contribution is 0.205. The van der Waals surface area contributed by atoms with Crippen LogP contribution in [0, 0.1) is 12.3 Å². The molecule has 1 heterocycles. The predicted octanol–water partition coefficient (Wildman–Crippen LogP) is 1.15. The molecule has 1 rings (SSSR count). The van der Waals surface area contributed by atoms with E-state index in [9.17, 15) is 0 Å². The van der Waals surface area contributed by atoms with Crippen LogP contribution in [-0.4, -0.2) is 37.6 Å². The fraction of sp³-hybridized carbons (Fsp3) is 0.500. The topological polar surface area (TPSA) is 75.2 Å². The van der Waals surface area contributed by atoms with Gasteiger partial charge in [0.05, 0.1) is 6.61 Å². The number of methoxy groups -OCH3 is 1. The number of nitrogens with zero attached hydrogens (tertiary/aromatic N) is 2. The fourth-order valence-corrected chi connectivity index (χ4v) is 1.60. The van der Waals surface area contributed by atoms with Crippen LogP contribution in [0.5, 0.6) is 0 Å². The Morgan fingerprint density at radius 3 is 2.76 bits per heavy atom. The Balaban J connectivity index is 2.98. The summed E-state index contributed by atoms with van der Waals surface area (Å²) in [6.07, 6.45) is 0. The zero-order valence-corrected chi connectivity index (χ0v) is 10.7. The first-order valence-corrected chi connectivity index (χ1v) is 5.65. The van der Waals surface area contributed by atoms with E-state index in [0.717, 1.165) is 24.6 Å². The summed E-state index contributed by atoms with van der Waals surface area (Å²) in [5.74, 6) is 0.911. The van der Waals surface area contributed by atoms with Gasteiger partial charge in [0, 0.05) is 31.5 Å². The number of anilines is 1. The van der Waals surface area contributed by atoms with Crippen LogP contribution in [0.15, 0.2) is 12.1 Å². The molecule has 0 amide bonds. The van der Waals surface area contributed by atoms with Gasteiger partial charge in [0.25, 0.3) is 0 Å². The van der Waals surface area contributed by atoms with E-state index < -0.39 is 0 Å². The van der Waals surface area contributed by atoms with Crippen LogP contribution in [0.2, 0.25) is 0 Å². The van der Waals surface area contributed by atoms with Gasteiger partial charge in [0.2, 0.25) is 0 Å². The molecule has 0 unspecified atom stereocenters. The van der Waals surface area contributed by atoms with Crippen LogP contribution in [0.1, 0.15) is 18.2 Å². The third-order valence-corrected chi connectivity index (χ3v) is 2.52. The Bertz CT molecular complexity index is 392. The first-order chi connectivity index (χ1) is 8.08. The number of hydrogen-bond donors (Lipinski definition) is 2. The minimum absolute atomic E-state index is 0.0690. The highest BCUT2D eigenvalue weighted by molar-refractivity contribution is 5.95. The lowest BCUT2D eigenvalue weighted by Gasteiger charge is -2.22. The smallest absolute Gasteiger partial charge is 0.129 e. The highest BCUT2D eigenvalue weighted by Crippen LogP contribution is 2.14. The zero-order chi connectivity index (χ0) is 12.8. The number of rotatable bonds is 6. The molecule has 5 nitrogen and oxygen atoms in total. The molecule has 1 aromatic rings. The molecule has 0 aliphatic heterocycles. The standard InChI is InChI=1S/C12H20N4O/c1-4-16(5-6-17-3)11-8-10(12(13)14)7-9(2)15-11/h7-8H,4-6H2,1-3H3,(H3,13,14). The Hall–Kier alpha value is -1.62. The van der Waals surface area contributed by atoms with Crippen LogP contribution < -0.4 is 10.6 Å². The molecule has 3 N–H and O–H groups in total. The second-order valence-corrected chi connectivity index (χ2v) is 3.84. The Kier molecular flexibility index (Phi) is 4.90. The molecule has 17 heavy (non-hydrogen) atoms. The van der Waals surface area contributed by atoms with E-state index in [4.69, 9.17) is 15.9 Å². The van der Waals surface area contributed by atoms with E-state index in [1.165, 1.54) is 0 Å². The van der Waals surface area contributed by atoms with E-state index in [1.807, 2.05) is 19.1 Å². The lowest BCUT2D eigenvalue weighted by Crippen LogP contribution is -2.28. The van der Waals surface area contributed by atoms with Gasteiger partial charge in [-0.05, 0) is 26.0 Å². The summed E-state index contributed by atoms with van der Waals surface area (Å²) in [5.41, 5.74) is 7.08. The van der Waals surface area contributed by atoms with Gasteiger partial charge in [0.15, 0.2) is 0 Å². The Morgan fingerprint density at radius 1 is 1.53 bits per heavy atom. The van der Waals surface area contributed by atoms with Crippen molar-refractivity contribution in [2.45, 2.75) is 13.8 Å². The van der Waals surface area contributed by atoms with Gasteiger partial charge in [-0.3, -0.25) is 5.41 Å². The maximum atomic E-state index is 7.47. The molecule has 1 aromatic heterocycles. The van der Waals surface area contributed by atoms with E-state index in [-0.39, 0.29) is 5.84 Å². The molecule has 0 bridgehead atoms. The molecule has 94 valence electrons. The summed E-state index contributed by atoms with van der Waals surface area (Å²) >= 11 is 0. The Morgan fingerprint density at radius 2 is 2.24 bits per heavy atom. The molecular formula is C12H20N4O. The monoisotopic (exact) mass is 236 g/mol. The van der Waals surface area contributed by atoms with E-state index in [2.05, 4.69) is 16.8 Å². The molecule has 0 aromatic carbocycles.